The van der Waals surface area contributed by atoms with Crippen LogP contribution in [0.4, 0.5) is 8.78 Å². The molecule has 4 nitrogen and oxygen atoms in total. The van der Waals surface area contributed by atoms with Crippen LogP contribution in [-0.4, -0.2) is 39.4 Å². The van der Waals surface area contributed by atoms with Crippen LogP contribution < -0.4 is 0 Å². The highest BCUT2D eigenvalue weighted by atomic mass is 32.2. The lowest BCUT2D eigenvalue weighted by Gasteiger charge is -2.38. The van der Waals surface area contributed by atoms with Gasteiger partial charge in [-0.25, -0.2) is 17.9 Å². The molecule has 2 aromatic rings. The van der Waals surface area contributed by atoms with Gasteiger partial charge in [0.05, 0.1) is 5.57 Å². The number of carboxylic acids is 1. The second-order valence-electron chi connectivity index (χ2n) is 8.84. The molecule has 1 heterocycles. The zero-order valence-electron chi connectivity index (χ0n) is 18.6. The van der Waals surface area contributed by atoms with Crippen molar-refractivity contribution in [1.82, 2.24) is 9.21 Å². The highest BCUT2D eigenvalue weighted by Crippen LogP contribution is 2.44. The van der Waals surface area contributed by atoms with Crippen LogP contribution in [0.25, 0.3) is 0 Å². The normalized spacial score (nSPS) is 20.2. The molecule has 1 aliphatic heterocycles. The van der Waals surface area contributed by atoms with Crippen LogP contribution in [0.15, 0.2) is 71.1 Å². The standard InChI is InChI=1S/C26H30F2N2O2S/c27-24(28)22-23(26(31)32)33-30(18-21-14-8-3-9-15-21)25(22)29(16-19-10-4-1-5-11-19)17-20-12-6-2-7-13-20/h1-2,4-7,10-13,21,24-25H,3,8-9,14-18H2,(H,31,32). The average molecular weight is 473 g/mol. The van der Waals surface area contributed by atoms with Gasteiger partial charge in [0.25, 0.3) is 6.43 Å². The molecule has 1 N–H and O–H groups in total. The molecule has 0 aromatic heterocycles. The maximum atomic E-state index is 14.4. The van der Waals surface area contributed by atoms with Crippen LogP contribution in [0, 0.1) is 5.92 Å². The van der Waals surface area contributed by atoms with Crippen molar-refractivity contribution < 1.29 is 18.7 Å². The van der Waals surface area contributed by atoms with E-state index >= 15 is 0 Å². The Labute approximate surface area is 198 Å². The van der Waals surface area contributed by atoms with E-state index in [1.54, 1.807) is 0 Å². The molecule has 0 spiro atoms. The van der Waals surface area contributed by atoms with Gasteiger partial charge in [0, 0.05) is 19.6 Å². The zero-order valence-corrected chi connectivity index (χ0v) is 19.4. The summed E-state index contributed by atoms with van der Waals surface area (Å²) in [7, 11) is 0. The number of carbonyl (C=O) groups is 1. The number of nitrogens with zero attached hydrogens (tertiary/aromatic N) is 2. The molecule has 7 heteroatoms. The van der Waals surface area contributed by atoms with E-state index in [0.717, 1.165) is 48.8 Å². The van der Waals surface area contributed by atoms with Gasteiger partial charge < -0.3 is 5.11 Å². The van der Waals surface area contributed by atoms with Gasteiger partial charge in [0.1, 0.15) is 11.1 Å². The predicted octanol–water partition coefficient (Wildman–Crippen LogP) is 6.16. The molecule has 33 heavy (non-hydrogen) atoms. The molecule has 2 aromatic carbocycles. The van der Waals surface area contributed by atoms with Crippen molar-refractivity contribution in [3.05, 3.63) is 82.3 Å². The van der Waals surface area contributed by atoms with E-state index in [4.69, 9.17) is 0 Å². The zero-order chi connectivity index (χ0) is 23.2. The third-order valence-corrected chi connectivity index (χ3v) is 7.59. The second kappa shape index (κ2) is 11.3. The minimum atomic E-state index is -2.83. The molecule has 1 saturated carbocycles. The molecule has 1 atom stereocenters. The Balaban J connectivity index is 1.70. The maximum Gasteiger partial charge on any atom is 0.343 e. The van der Waals surface area contributed by atoms with Crippen LogP contribution in [-0.2, 0) is 17.9 Å². The van der Waals surface area contributed by atoms with E-state index in [0.29, 0.717) is 25.6 Å². The van der Waals surface area contributed by atoms with Crippen molar-refractivity contribution in [2.75, 3.05) is 6.54 Å². The van der Waals surface area contributed by atoms with E-state index in [1.807, 2.05) is 69.9 Å². The summed E-state index contributed by atoms with van der Waals surface area (Å²) in [4.78, 5) is 13.8. The monoisotopic (exact) mass is 472 g/mol. The SMILES string of the molecule is O=C(O)C1=C(C(F)F)C(N(Cc2ccccc2)Cc2ccccc2)N(CC2CCCCC2)S1. The molecule has 2 aliphatic rings. The molecule has 4 rings (SSSR count). The van der Waals surface area contributed by atoms with E-state index in [2.05, 4.69) is 0 Å². The van der Waals surface area contributed by atoms with Crippen LogP contribution in [0.3, 0.4) is 0 Å². The predicted molar refractivity (Wildman–Crippen MR) is 127 cm³/mol. The van der Waals surface area contributed by atoms with Crippen molar-refractivity contribution in [3.8, 4) is 0 Å². The summed E-state index contributed by atoms with van der Waals surface area (Å²) in [5.74, 6) is -0.873. The third kappa shape index (κ3) is 6.02. The summed E-state index contributed by atoms with van der Waals surface area (Å²) in [5, 5.41) is 9.78. The minimum Gasteiger partial charge on any atom is -0.477 e. The Bertz CT molecular complexity index is 908. The number of rotatable bonds is 9. The first-order valence-corrected chi connectivity index (χ1v) is 12.3. The first kappa shape index (κ1) is 23.9. The first-order chi connectivity index (χ1) is 16.0. The number of aliphatic carboxylic acids is 1. The summed E-state index contributed by atoms with van der Waals surface area (Å²) in [6.07, 6.45) is 2.02. The highest BCUT2D eigenvalue weighted by molar-refractivity contribution is 8.02. The molecule has 176 valence electrons. The molecular formula is C26H30F2N2O2S. The van der Waals surface area contributed by atoms with Gasteiger partial charge in [-0.1, -0.05) is 79.9 Å². The van der Waals surface area contributed by atoms with E-state index in [9.17, 15) is 18.7 Å². The molecule has 1 unspecified atom stereocenters. The molecule has 0 amide bonds. The van der Waals surface area contributed by atoms with Gasteiger partial charge in [0.2, 0.25) is 0 Å². The number of hydrogen-bond acceptors (Lipinski definition) is 4. The number of carboxylic acid groups (broad SMARTS) is 1. The number of alkyl halides is 2. The van der Waals surface area contributed by atoms with E-state index in [-0.39, 0.29) is 10.5 Å². The fraction of sp³-hybridized carbons (Fsp3) is 0.423. The lowest BCUT2D eigenvalue weighted by atomic mass is 9.89. The fourth-order valence-electron chi connectivity index (χ4n) is 4.87. The van der Waals surface area contributed by atoms with Gasteiger partial charge in [-0.15, -0.1) is 0 Å². The number of hydrogen-bond donors (Lipinski definition) is 1. The third-order valence-electron chi connectivity index (χ3n) is 6.42. The van der Waals surface area contributed by atoms with Crippen LogP contribution in [0.2, 0.25) is 0 Å². The lowest BCUT2D eigenvalue weighted by molar-refractivity contribution is -0.132. The Morgan fingerprint density at radius 1 is 0.970 bits per heavy atom. The highest BCUT2D eigenvalue weighted by Gasteiger charge is 2.44. The van der Waals surface area contributed by atoms with Crippen molar-refractivity contribution in [2.24, 2.45) is 5.92 Å². The van der Waals surface area contributed by atoms with Crippen molar-refractivity contribution in [2.45, 2.75) is 57.8 Å². The Hall–Kier alpha value is -2.22. The Morgan fingerprint density at radius 3 is 2.00 bits per heavy atom. The fourth-order valence-corrected chi connectivity index (χ4v) is 6.12. The van der Waals surface area contributed by atoms with Gasteiger partial charge in [-0.05, 0) is 41.8 Å². The van der Waals surface area contributed by atoms with Crippen molar-refractivity contribution in [3.63, 3.8) is 0 Å². The van der Waals surface area contributed by atoms with Gasteiger partial charge in [-0.3, -0.25) is 4.90 Å². The van der Waals surface area contributed by atoms with Crippen LogP contribution in [0.5, 0.6) is 0 Å². The first-order valence-electron chi connectivity index (χ1n) is 11.5. The molecule has 0 bridgehead atoms. The summed E-state index contributed by atoms with van der Waals surface area (Å²) >= 11 is 0.998. The lowest BCUT2D eigenvalue weighted by Crippen LogP contribution is -2.46. The number of halogens is 2. The smallest absolute Gasteiger partial charge is 0.343 e. The van der Waals surface area contributed by atoms with E-state index < -0.39 is 18.6 Å². The topological polar surface area (TPSA) is 43.8 Å². The minimum absolute atomic E-state index is 0.225. The number of benzene rings is 2. The van der Waals surface area contributed by atoms with Crippen LogP contribution in [0.1, 0.15) is 43.2 Å². The van der Waals surface area contributed by atoms with Gasteiger partial charge >= 0.3 is 5.97 Å². The van der Waals surface area contributed by atoms with Gasteiger partial charge in [0.15, 0.2) is 0 Å². The van der Waals surface area contributed by atoms with Gasteiger partial charge in [-0.2, -0.15) is 0 Å². The Kier molecular flexibility index (Phi) is 8.17. The van der Waals surface area contributed by atoms with Crippen molar-refractivity contribution in [1.29, 1.82) is 0 Å². The Morgan fingerprint density at radius 2 is 1.52 bits per heavy atom. The molecule has 1 aliphatic carbocycles. The molecule has 1 fully saturated rings. The van der Waals surface area contributed by atoms with Crippen molar-refractivity contribution >= 4 is 17.9 Å². The second-order valence-corrected chi connectivity index (χ2v) is 9.89. The summed E-state index contributed by atoms with van der Waals surface area (Å²) in [5.41, 5.74) is 1.73. The summed E-state index contributed by atoms with van der Waals surface area (Å²) in [6.45, 7) is 1.51. The summed E-state index contributed by atoms with van der Waals surface area (Å²) < 4.78 is 30.7. The molecule has 0 saturated heterocycles. The summed E-state index contributed by atoms with van der Waals surface area (Å²) in [6, 6.07) is 19.5. The molecular weight excluding hydrogens is 442 g/mol. The average Bonchev–Trinajstić information content (AvgIpc) is 3.20. The van der Waals surface area contributed by atoms with E-state index in [1.165, 1.54) is 6.42 Å². The molecule has 0 radical (unpaired) electrons. The largest absolute Gasteiger partial charge is 0.477 e. The maximum absolute atomic E-state index is 14.4. The quantitative estimate of drug-likeness (QED) is 0.443. The van der Waals surface area contributed by atoms with Crippen LogP contribution >= 0.6 is 11.9 Å².